The monoisotopic (exact) mass is 370 g/mol. The molecule has 0 N–H and O–H groups in total. The van der Waals surface area contributed by atoms with Crippen molar-refractivity contribution in [1.82, 2.24) is 0 Å². The Labute approximate surface area is 160 Å². The van der Waals surface area contributed by atoms with Crippen molar-refractivity contribution < 1.29 is 23.8 Å². The van der Waals surface area contributed by atoms with Gasteiger partial charge in [0, 0.05) is 12.0 Å². The molecule has 5 heteroatoms. The van der Waals surface area contributed by atoms with Gasteiger partial charge >= 0.3 is 5.97 Å². The summed E-state index contributed by atoms with van der Waals surface area (Å²) in [5.74, 6) is 0.589. The minimum Gasteiger partial charge on any atom is -0.493 e. The standard InChI is InChI=1S/C22H26O5/c1-5-16-9-11-17(12-10-16)21(24)15(2)27-20(23)14-13-18-7-6-8-19(25-3)22(18)26-4/h6-12,15H,5,13-14H2,1-4H3. The molecule has 2 aromatic rings. The van der Waals surface area contributed by atoms with E-state index in [0.29, 0.717) is 23.5 Å². The maximum Gasteiger partial charge on any atom is 0.306 e. The van der Waals surface area contributed by atoms with Crippen LogP contribution in [0.25, 0.3) is 0 Å². The highest BCUT2D eigenvalue weighted by Crippen LogP contribution is 2.31. The van der Waals surface area contributed by atoms with Crippen LogP contribution in [0.4, 0.5) is 0 Å². The Morgan fingerprint density at radius 3 is 2.30 bits per heavy atom. The van der Waals surface area contributed by atoms with Gasteiger partial charge in [-0.15, -0.1) is 0 Å². The van der Waals surface area contributed by atoms with Gasteiger partial charge in [-0.1, -0.05) is 43.3 Å². The molecule has 0 aliphatic heterocycles. The average molecular weight is 370 g/mol. The van der Waals surface area contributed by atoms with Gasteiger partial charge in [0.05, 0.1) is 14.2 Å². The van der Waals surface area contributed by atoms with Gasteiger partial charge in [0.25, 0.3) is 0 Å². The summed E-state index contributed by atoms with van der Waals surface area (Å²) in [4.78, 5) is 24.6. The number of esters is 1. The van der Waals surface area contributed by atoms with E-state index in [1.165, 1.54) is 0 Å². The molecule has 0 aliphatic rings. The maximum absolute atomic E-state index is 12.4. The molecule has 0 radical (unpaired) electrons. The third-order valence-corrected chi connectivity index (χ3v) is 4.41. The predicted octanol–water partition coefficient (Wildman–Crippen LogP) is 4.01. The van der Waals surface area contributed by atoms with E-state index < -0.39 is 12.1 Å². The largest absolute Gasteiger partial charge is 0.493 e. The minimum atomic E-state index is -0.822. The lowest BCUT2D eigenvalue weighted by molar-refractivity contribution is -0.146. The minimum absolute atomic E-state index is 0.149. The molecule has 27 heavy (non-hydrogen) atoms. The Morgan fingerprint density at radius 2 is 1.70 bits per heavy atom. The van der Waals surface area contributed by atoms with Gasteiger partial charge in [0.15, 0.2) is 17.6 Å². The summed E-state index contributed by atoms with van der Waals surface area (Å²) in [7, 11) is 3.13. The fourth-order valence-corrected chi connectivity index (χ4v) is 2.84. The molecule has 0 aliphatic carbocycles. The lowest BCUT2D eigenvalue weighted by Gasteiger charge is -2.14. The first-order valence-electron chi connectivity index (χ1n) is 9.02. The third kappa shape index (κ3) is 5.33. The normalized spacial score (nSPS) is 11.6. The molecule has 0 aromatic heterocycles. The molecule has 0 heterocycles. The van der Waals surface area contributed by atoms with Gasteiger partial charge < -0.3 is 14.2 Å². The molecule has 0 saturated carbocycles. The molecular weight excluding hydrogens is 344 g/mol. The van der Waals surface area contributed by atoms with E-state index in [1.54, 1.807) is 39.3 Å². The topological polar surface area (TPSA) is 61.8 Å². The highest BCUT2D eigenvalue weighted by Gasteiger charge is 2.20. The molecule has 1 atom stereocenters. The van der Waals surface area contributed by atoms with E-state index in [9.17, 15) is 9.59 Å². The molecule has 2 aromatic carbocycles. The van der Waals surface area contributed by atoms with Crippen LogP contribution in [0.5, 0.6) is 11.5 Å². The fourth-order valence-electron chi connectivity index (χ4n) is 2.84. The summed E-state index contributed by atoms with van der Waals surface area (Å²) in [6.07, 6.45) is 0.672. The lowest BCUT2D eigenvalue weighted by atomic mass is 10.0. The van der Waals surface area contributed by atoms with Crippen molar-refractivity contribution in [3.05, 3.63) is 59.2 Å². The van der Waals surface area contributed by atoms with Crippen molar-refractivity contribution in [2.24, 2.45) is 0 Å². The zero-order valence-electron chi connectivity index (χ0n) is 16.3. The SMILES string of the molecule is CCc1ccc(C(=O)C(C)OC(=O)CCc2cccc(OC)c2OC)cc1. The number of rotatable bonds is 9. The second-order valence-electron chi connectivity index (χ2n) is 6.20. The van der Waals surface area contributed by atoms with Crippen LogP contribution >= 0.6 is 0 Å². The van der Waals surface area contributed by atoms with Gasteiger partial charge in [-0.2, -0.15) is 0 Å². The number of para-hydroxylation sites is 1. The van der Waals surface area contributed by atoms with E-state index in [4.69, 9.17) is 14.2 Å². The first-order chi connectivity index (χ1) is 13.0. The van der Waals surface area contributed by atoms with Gasteiger partial charge in [-0.05, 0) is 37.0 Å². The van der Waals surface area contributed by atoms with E-state index in [-0.39, 0.29) is 12.2 Å². The summed E-state index contributed by atoms with van der Waals surface area (Å²) < 4.78 is 15.9. The Kier molecular flexibility index (Phi) is 7.41. The molecule has 1 unspecified atom stereocenters. The molecule has 0 spiro atoms. The van der Waals surface area contributed by atoms with E-state index in [1.807, 2.05) is 24.3 Å². The molecule has 0 amide bonds. The summed E-state index contributed by atoms with van der Waals surface area (Å²) in [6, 6.07) is 12.9. The van der Waals surface area contributed by atoms with Crippen LogP contribution < -0.4 is 9.47 Å². The molecule has 0 bridgehead atoms. The summed E-state index contributed by atoms with van der Waals surface area (Å²) in [5, 5.41) is 0. The first-order valence-corrected chi connectivity index (χ1v) is 9.02. The lowest BCUT2D eigenvalue weighted by Crippen LogP contribution is -2.24. The van der Waals surface area contributed by atoms with Crippen molar-refractivity contribution >= 4 is 11.8 Å². The zero-order valence-corrected chi connectivity index (χ0v) is 16.3. The first kappa shape index (κ1) is 20.5. The molecule has 144 valence electrons. The van der Waals surface area contributed by atoms with Crippen LogP contribution in [0.2, 0.25) is 0 Å². The van der Waals surface area contributed by atoms with Crippen LogP contribution in [0, 0.1) is 0 Å². The van der Waals surface area contributed by atoms with Crippen LogP contribution in [-0.2, 0) is 22.4 Å². The number of aryl methyl sites for hydroxylation is 2. The highest BCUT2D eigenvalue weighted by molar-refractivity contribution is 6.00. The third-order valence-electron chi connectivity index (χ3n) is 4.41. The quantitative estimate of drug-likeness (QED) is 0.493. The van der Waals surface area contributed by atoms with E-state index in [0.717, 1.165) is 17.5 Å². The zero-order chi connectivity index (χ0) is 19.8. The second kappa shape index (κ2) is 9.76. The molecular formula is C22H26O5. The van der Waals surface area contributed by atoms with Gasteiger partial charge in [-0.25, -0.2) is 0 Å². The van der Waals surface area contributed by atoms with Crippen LogP contribution in [-0.4, -0.2) is 32.1 Å². The smallest absolute Gasteiger partial charge is 0.306 e. The van der Waals surface area contributed by atoms with Crippen LogP contribution in [0.15, 0.2) is 42.5 Å². The van der Waals surface area contributed by atoms with Crippen molar-refractivity contribution in [2.45, 2.75) is 39.2 Å². The predicted molar refractivity (Wildman–Crippen MR) is 104 cm³/mol. The number of carbonyl (C=O) groups is 2. The van der Waals surface area contributed by atoms with Crippen molar-refractivity contribution in [3.8, 4) is 11.5 Å². The average Bonchev–Trinajstić information content (AvgIpc) is 2.71. The molecule has 5 nitrogen and oxygen atoms in total. The van der Waals surface area contributed by atoms with Crippen molar-refractivity contribution in [2.75, 3.05) is 14.2 Å². The van der Waals surface area contributed by atoms with Crippen LogP contribution in [0.3, 0.4) is 0 Å². The van der Waals surface area contributed by atoms with Crippen molar-refractivity contribution in [1.29, 1.82) is 0 Å². The fraction of sp³-hybridized carbons (Fsp3) is 0.364. The number of Topliss-reactive ketones (excluding diaryl/α,β-unsaturated/α-hetero) is 1. The number of hydrogen-bond donors (Lipinski definition) is 0. The molecule has 2 rings (SSSR count). The Balaban J connectivity index is 1.94. The Morgan fingerprint density at radius 1 is 1.00 bits per heavy atom. The van der Waals surface area contributed by atoms with E-state index in [2.05, 4.69) is 6.92 Å². The number of methoxy groups -OCH3 is 2. The Hall–Kier alpha value is -2.82. The summed E-state index contributed by atoms with van der Waals surface area (Å²) >= 11 is 0. The van der Waals surface area contributed by atoms with E-state index >= 15 is 0 Å². The second-order valence-corrected chi connectivity index (χ2v) is 6.20. The van der Waals surface area contributed by atoms with Crippen LogP contribution in [0.1, 0.15) is 41.8 Å². The number of ether oxygens (including phenoxy) is 3. The maximum atomic E-state index is 12.4. The number of ketones is 1. The van der Waals surface area contributed by atoms with Crippen molar-refractivity contribution in [3.63, 3.8) is 0 Å². The van der Waals surface area contributed by atoms with Gasteiger partial charge in [0.1, 0.15) is 0 Å². The number of hydrogen-bond acceptors (Lipinski definition) is 5. The number of benzene rings is 2. The highest BCUT2D eigenvalue weighted by atomic mass is 16.5. The molecule has 0 saturated heterocycles. The summed E-state index contributed by atoms with van der Waals surface area (Å²) in [5.41, 5.74) is 2.55. The summed E-state index contributed by atoms with van der Waals surface area (Å²) in [6.45, 7) is 3.65. The Bertz CT molecular complexity index is 780. The molecule has 0 fully saturated rings. The number of carbonyl (C=O) groups excluding carboxylic acids is 2. The van der Waals surface area contributed by atoms with Gasteiger partial charge in [-0.3, -0.25) is 9.59 Å². The van der Waals surface area contributed by atoms with Gasteiger partial charge in [0.2, 0.25) is 5.78 Å².